The normalized spacial score (nSPS) is 12.2. The minimum absolute atomic E-state index is 0.902. The summed E-state index contributed by atoms with van der Waals surface area (Å²) in [6.07, 6.45) is 0. The van der Waals surface area contributed by atoms with Crippen molar-refractivity contribution >= 4 is 76.3 Å². The summed E-state index contributed by atoms with van der Waals surface area (Å²) < 4.78 is 11.5. The lowest BCUT2D eigenvalue weighted by Crippen LogP contribution is -1.95. The molecule has 3 nitrogen and oxygen atoms in total. The predicted molar refractivity (Wildman–Crippen MR) is 180 cm³/mol. The molecule has 0 saturated carbocycles. The van der Waals surface area contributed by atoms with Gasteiger partial charge in [0.2, 0.25) is 0 Å². The molecule has 0 amide bonds. The molecule has 0 N–H and O–H groups in total. The van der Waals surface area contributed by atoms with Crippen LogP contribution in [0.2, 0.25) is 0 Å². The van der Waals surface area contributed by atoms with E-state index in [0.29, 0.717) is 0 Å². The van der Waals surface area contributed by atoms with E-state index in [4.69, 9.17) is 4.42 Å². The summed E-state index contributed by atoms with van der Waals surface area (Å²) in [5, 5.41) is 9.65. The standard InChI is InChI=1S/C40H24N2O/c1-2-13-27(14-3-1)41-33-18-8-6-15-28(33)29-21-22-35-38(39(29)41)31-16-7-9-19-34(31)42(35)36-20-10-17-30-32-23-25-11-4-5-12-26(25)24-37(32)43-40(30)36/h1-24H. The molecular weight excluding hydrogens is 524 g/mol. The highest BCUT2D eigenvalue weighted by molar-refractivity contribution is 6.26. The van der Waals surface area contributed by atoms with Gasteiger partial charge >= 0.3 is 0 Å². The zero-order valence-corrected chi connectivity index (χ0v) is 23.2. The highest BCUT2D eigenvalue weighted by Crippen LogP contribution is 2.43. The Bertz CT molecular complexity index is 2720. The lowest BCUT2D eigenvalue weighted by molar-refractivity contribution is 0.667. The highest BCUT2D eigenvalue weighted by atomic mass is 16.3. The van der Waals surface area contributed by atoms with Gasteiger partial charge in [0.25, 0.3) is 0 Å². The number of hydrogen-bond acceptors (Lipinski definition) is 1. The molecule has 0 unspecified atom stereocenters. The SMILES string of the molecule is c1ccc(-n2c3ccccc3c3ccc4c(c5ccccc5n4-c4cccc5c4oc4cc6ccccc6cc45)c32)cc1. The van der Waals surface area contributed by atoms with E-state index in [9.17, 15) is 0 Å². The number of para-hydroxylation sites is 4. The minimum Gasteiger partial charge on any atom is -0.454 e. The summed E-state index contributed by atoms with van der Waals surface area (Å²) in [7, 11) is 0. The minimum atomic E-state index is 0.902. The lowest BCUT2D eigenvalue weighted by atomic mass is 10.1. The second-order valence-electron chi connectivity index (χ2n) is 11.3. The average Bonchev–Trinajstić information content (AvgIpc) is 3.71. The monoisotopic (exact) mass is 548 g/mol. The van der Waals surface area contributed by atoms with E-state index in [2.05, 4.69) is 155 Å². The molecule has 0 bridgehead atoms. The van der Waals surface area contributed by atoms with Crippen LogP contribution < -0.4 is 0 Å². The fourth-order valence-corrected chi connectivity index (χ4v) is 7.26. The maximum atomic E-state index is 6.72. The van der Waals surface area contributed by atoms with Crippen LogP contribution in [0.15, 0.2) is 150 Å². The smallest absolute Gasteiger partial charge is 0.159 e. The zero-order valence-electron chi connectivity index (χ0n) is 23.2. The van der Waals surface area contributed by atoms with Gasteiger partial charge in [-0.3, -0.25) is 0 Å². The van der Waals surface area contributed by atoms with E-state index in [-0.39, 0.29) is 0 Å². The fourth-order valence-electron chi connectivity index (χ4n) is 7.26. The van der Waals surface area contributed by atoms with Gasteiger partial charge in [0.05, 0.1) is 27.8 Å². The number of fused-ring (bicyclic) bond motifs is 11. The Balaban J connectivity index is 1.38. The van der Waals surface area contributed by atoms with Crippen LogP contribution >= 0.6 is 0 Å². The highest BCUT2D eigenvalue weighted by Gasteiger charge is 2.22. The summed E-state index contributed by atoms with van der Waals surface area (Å²) in [4.78, 5) is 0. The van der Waals surface area contributed by atoms with Crippen molar-refractivity contribution in [2.24, 2.45) is 0 Å². The van der Waals surface area contributed by atoms with Crippen molar-refractivity contribution in [2.75, 3.05) is 0 Å². The van der Waals surface area contributed by atoms with Gasteiger partial charge < -0.3 is 13.6 Å². The molecule has 43 heavy (non-hydrogen) atoms. The summed E-state index contributed by atoms with van der Waals surface area (Å²) in [6.45, 7) is 0. The van der Waals surface area contributed by atoms with Crippen molar-refractivity contribution < 1.29 is 4.42 Å². The van der Waals surface area contributed by atoms with Crippen LogP contribution in [0.1, 0.15) is 0 Å². The van der Waals surface area contributed by atoms with Gasteiger partial charge in [0, 0.05) is 38.0 Å². The molecule has 3 heteroatoms. The first-order valence-corrected chi connectivity index (χ1v) is 14.7. The van der Waals surface area contributed by atoms with Crippen molar-refractivity contribution in [3.63, 3.8) is 0 Å². The van der Waals surface area contributed by atoms with Crippen molar-refractivity contribution in [3.05, 3.63) is 146 Å². The summed E-state index contributed by atoms with van der Waals surface area (Å²) >= 11 is 0. The molecule has 10 aromatic rings. The Kier molecular flexibility index (Phi) is 4.45. The number of nitrogens with zero attached hydrogens (tertiary/aromatic N) is 2. The number of aromatic nitrogens is 2. The van der Waals surface area contributed by atoms with Crippen LogP contribution in [-0.4, -0.2) is 9.13 Å². The quantitative estimate of drug-likeness (QED) is 0.211. The number of benzene rings is 7. The molecule has 200 valence electrons. The third kappa shape index (κ3) is 3.03. The molecule has 7 aromatic carbocycles. The molecule has 0 fully saturated rings. The van der Waals surface area contributed by atoms with Gasteiger partial charge in [-0.05, 0) is 59.3 Å². The van der Waals surface area contributed by atoms with Crippen LogP contribution in [0.3, 0.4) is 0 Å². The van der Waals surface area contributed by atoms with E-state index in [1.807, 2.05) is 0 Å². The summed E-state index contributed by atoms with van der Waals surface area (Å²) in [5.74, 6) is 0. The van der Waals surface area contributed by atoms with E-state index >= 15 is 0 Å². The van der Waals surface area contributed by atoms with Crippen LogP contribution in [0.5, 0.6) is 0 Å². The summed E-state index contributed by atoms with van der Waals surface area (Å²) in [6, 6.07) is 52.2. The molecule has 0 radical (unpaired) electrons. The van der Waals surface area contributed by atoms with Gasteiger partial charge in [-0.1, -0.05) is 97.1 Å². The Morgan fingerprint density at radius 1 is 0.419 bits per heavy atom. The Morgan fingerprint density at radius 3 is 1.93 bits per heavy atom. The van der Waals surface area contributed by atoms with E-state index in [1.165, 1.54) is 43.4 Å². The Morgan fingerprint density at radius 2 is 1.09 bits per heavy atom. The second kappa shape index (κ2) is 8.37. The average molecular weight is 549 g/mol. The largest absolute Gasteiger partial charge is 0.454 e. The van der Waals surface area contributed by atoms with E-state index in [0.717, 1.165) is 44.3 Å². The van der Waals surface area contributed by atoms with Gasteiger partial charge in [-0.25, -0.2) is 0 Å². The molecule has 0 aliphatic rings. The van der Waals surface area contributed by atoms with Gasteiger partial charge in [-0.2, -0.15) is 0 Å². The fraction of sp³-hybridized carbons (Fsp3) is 0. The predicted octanol–water partition coefficient (Wildman–Crippen LogP) is 10.9. The first-order valence-electron chi connectivity index (χ1n) is 14.7. The first-order chi connectivity index (χ1) is 21.3. The van der Waals surface area contributed by atoms with Crippen LogP contribution in [-0.2, 0) is 0 Å². The maximum absolute atomic E-state index is 6.72. The zero-order chi connectivity index (χ0) is 28.1. The number of rotatable bonds is 2. The van der Waals surface area contributed by atoms with Crippen molar-refractivity contribution in [3.8, 4) is 11.4 Å². The van der Waals surface area contributed by atoms with Crippen LogP contribution in [0, 0.1) is 0 Å². The number of furan rings is 1. The van der Waals surface area contributed by atoms with Gasteiger partial charge in [0.1, 0.15) is 5.58 Å². The summed E-state index contributed by atoms with van der Waals surface area (Å²) in [5.41, 5.74) is 8.77. The van der Waals surface area contributed by atoms with E-state index < -0.39 is 0 Å². The maximum Gasteiger partial charge on any atom is 0.159 e. The van der Waals surface area contributed by atoms with Gasteiger partial charge in [0.15, 0.2) is 5.58 Å². The second-order valence-corrected chi connectivity index (χ2v) is 11.3. The molecule has 0 aliphatic heterocycles. The lowest BCUT2D eigenvalue weighted by Gasteiger charge is -2.10. The third-order valence-corrected chi connectivity index (χ3v) is 9.07. The third-order valence-electron chi connectivity index (χ3n) is 9.07. The molecule has 3 aromatic heterocycles. The topological polar surface area (TPSA) is 23.0 Å². The molecule has 0 atom stereocenters. The molecule has 0 aliphatic carbocycles. The van der Waals surface area contributed by atoms with E-state index in [1.54, 1.807) is 0 Å². The molecule has 0 saturated heterocycles. The molecule has 10 rings (SSSR count). The van der Waals surface area contributed by atoms with Crippen LogP contribution in [0.4, 0.5) is 0 Å². The molecule has 3 heterocycles. The van der Waals surface area contributed by atoms with Crippen molar-refractivity contribution in [1.82, 2.24) is 9.13 Å². The van der Waals surface area contributed by atoms with Crippen LogP contribution in [0.25, 0.3) is 87.7 Å². The Hall–Kier alpha value is -5.80. The molecular formula is C40H24N2O. The first kappa shape index (κ1) is 22.8. The van der Waals surface area contributed by atoms with Crippen molar-refractivity contribution in [2.45, 2.75) is 0 Å². The number of hydrogen-bond donors (Lipinski definition) is 0. The molecule has 0 spiro atoms. The van der Waals surface area contributed by atoms with Crippen molar-refractivity contribution in [1.29, 1.82) is 0 Å². The Labute approximate surface area is 246 Å². The van der Waals surface area contributed by atoms with Gasteiger partial charge in [-0.15, -0.1) is 0 Å².